The lowest BCUT2D eigenvalue weighted by Crippen LogP contribution is -2.53. The van der Waals surface area contributed by atoms with Gasteiger partial charge in [-0.3, -0.25) is 19.5 Å². The normalized spacial score (nSPS) is 14.1. The Morgan fingerprint density at radius 2 is 1.21 bits per heavy atom. The third-order valence-electron chi connectivity index (χ3n) is 5.35. The van der Waals surface area contributed by atoms with E-state index in [-0.39, 0.29) is 12.8 Å². The Labute approximate surface area is 198 Å². The van der Waals surface area contributed by atoms with E-state index < -0.39 is 37.3 Å². The predicted molar refractivity (Wildman–Crippen MR) is 130 cm³/mol. The maximum atomic E-state index is 13.3. The van der Waals surface area contributed by atoms with Crippen molar-refractivity contribution in [3.05, 3.63) is 108 Å². The minimum Gasteiger partial charge on any atom is -0.368 e. The van der Waals surface area contributed by atoms with Gasteiger partial charge in [-0.1, -0.05) is 91.0 Å². The second kappa shape index (κ2) is 11.7. The molecule has 6 N–H and O–H groups in total. The van der Waals surface area contributed by atoms with E-state index in [0.717, 1.165) is 11.1 Å². The molecular weight excluding hydrogens is 453 g/mol. The minimum absolute atomic E-state index is 0.146. The van der Waals surface area contributed by atoms with Gasteiger partial charge in [-0.25, -0.2) is 0 Å². The predicted octanol–water partition coefficient (Wildman–Crippen LogP) is 2.28. The van der Waals surface area contributed by atoms with Gasteiger partial charge in [0.05, 0.1) is 6.04 Å². The van der Waals surface area contributed by atoms with Crippen molar-refractivity contribution in [1.29, 1.82) is 0 Å². The highest BCUT2D eigenvalue weighted by Crippen LogP contribution is 2.50. The first-order valence-corrected chi connectivity index (χ1v) is 12.5. The van der Waals surface area contributed by atoms with Crippen LogP contribution in [0.1, 0.15) is 22.5 Å². The molecule has 0 saturated heterocycles. The van der Waals surface area contributed by atoms with Gasteiger partial charge in [0.2, 0.25) is 11.8 Å². The zero-order valence-electron chi connectivity index (χ0n) is 18.5. The third-order valence-corrected chi connectivity index (χ3v) is 6.47. The number of hydrogen-bond acceptors (Lipinski definition) is 4. The lowest BCUT2D eigenvalue weighted by Gasteiger charge is -2.27. The van der Waals surface area contributed by atoms with Crippen LogP contribution in [0.3, 0.4) is 0 Å². The lowest BCUT2D eigenvalue weighted by molar-refractivity contribution is -0.128. The second-order valence-corrected chi connectivity index (χ2v) is 9.66. The highest BCUT2D eigenvalue weighted by molar-refractivity contribution is 7.52. The van der Waals surface area contributed by atoms with Crippen LogP contribution in [-0.2, 0) is 27.0 Å². The Kier molecular flexibility index (Phi) is 8.73. The Balaban J connectivity index is 1.87. The molecule has 0 aliphatic heterocycles. The van der Waals surface area contributed by atoms with E-state index in [2.05, 4.69) is 10.6 Å². The summed E-state index contributed by atoms with van der Waals surface area (Å²) in [7, 11) is -4.69. The van der Waals surface area contributed by atoms with E-state index in [1.54, 1.807) is 30.3 Å². The summed E-state index contributed by atoms with van der Waals surface area (Å²) in [6.07, 6.45) is 0.341. The Bertz CT molecular complexity index is 1120. The van der Waals surface area contributed by atoms with Crippen LogP contribution in [0, 0.1) is 0 Å². The van der Waals surface area contributed by atoms with E-state index in [9.17, 15) is 23.9 Å². The van der Waals surface area contributed by atoms with E-state index in [0.29, 0.717) is 5.56 Å². The molecule has 0 bridgehead atoms. The van der Waals surface area contributed by atoms with E-state index in [4.69, 9.17) is 5.73 Å². The maximum absolute atomic E-state index is 13.3. The van der Waals surface area contributed by atoms with Gasteiger partial charge in [-0.05, 0) is 23.1 Å². The molecule has 3 aromatic carbocycles. The first kappa shape index (κ1) is 25.3. The van der Waals surface area contributed by atoms with Crippen LogP contribution in [0.15, 0.2) is 91.0 Å². The monoisotopic (exact) mass is 481 g/mol. The summed E-state index contributed by atoms with van der Waals surface area (Å²) in [6.45, 7) is 0. The SMILES string of the molecule is NC(=O)[C@H](Cc1ccccc1)NC(=O)[C@H](Cc1ccccc1)NC(c1ccccc1)P(=O)(O)O. The molecule has 0 spiro atoms. The number of nitrogens with one attached hydrogen (secondary N) is 2. The summed E-state index contributed by atoms with van der Waals surface area (Å²) in [5.41, 5.74) is 7.49. The first-order valence-electron chi connectivity index (χ1n) is 10.8. The molecule has 0 heterocycles. The number of carbonyl (C=O) groups excluding carboxylic acids is 2. The lowest BCUT2D eigenvalue weighted by atomic mass is 10.0. The van der Waals surface area contributed by atoms with E-state index >= 15 is 0 Å². The van der Waals surface area contributed by atoms with Crippen molar-refractivity contribution < 1.29 is 23.9 Å². The van der Waals surface area contributed by atoms with Crippen molar-refractivity contribution in [3.63, 3.8) is 0 Å². The number of nitrogens with two attached hydrogens (primary N) is 1. The van der Waals surface area contributed by atoms with Crippen molar-refractivity contribution in [2.75, 3.05) is 0 Å². The van der Waals surface area contributed by atoms with Gasteiger partial charge >= 0.3 is 7.60 Å². The largest absolute Gasteiger partial charge is 0.368 e. The molecule has 0 aliphatic carbocycles. The van der Waals surface area contributed by atoms with Gasteiger partial charge in [0, 0.05) is 6.42 Å². The summed E-state index contributed by atoms with van der Waals surface area (Å²) in [5, 5.41) is 5.50. The molecule has 0 saturated carbocycles. The van der Waals surface area contributed by atoms with Crippen LogP contribution in [0.5, 0.6) is 0 Å². The highest BCUT2D eigenvalue weighted by Gasteiger charge is 2.35. The molecular formula is C25H28N3O5P. The Morgan fingerprint density at radius 3 is 1.65 bits per heavy atom. The molecule has 34 heavy (non-hydrogen) atoms. The molecule has 9 heteroatoms. The fraction of sp³-hybridized carbons (Fsp3) is 0.200. The topological polar surface area (TPSA) is 142 Å². The summed E-state index contributed by atoms with van der Waals surface area (Å²) in [5.74, 6) is -2.70. The van der Waals surface area contributed by atoms with Crippen LogP contribution in [0.4, 0.5) is 0 Å². The molecule has 8 nitrogen and oxygen atoms in total. The number of rotatable bonds is 11. The van der Waals surface area contributed by atoms with Crippen LogP contribution in [-0.4, -0.2) is 33.7 Å². The summed E-state index contributed by atoms with van der Waals surface area (Å²) in [6, 6.07) is 24.4. The number of primary amides is 1. The smallest absolute Gasteiger partial charge is 0.346 e. The molecule has 178 valence electrons. The fourth-order valence-corrected chi connectivity index (χ4v) is 4.57. The van der Waals surface area contributed by atoms with Crippen molar-refractivity contribution in [3.8, 4) is 0 Å². The van der Waals surface area contributed by atoms with E-state index in [1.807, 2.05) is 60.7 Å². The van der Waals surface area contributed by atoms with Gasteiger partial charge in [0.15, 0.2) is 0 Å². The van der Waals surface area contributed by atoms with Crippen LogP contribution in [0.2, 0.25) is 0 Å². The molecule has 0 fully saturated rings. The molecule has 3 atom stereocenters. The van der Waals surface area contributed by atoms with Gasteiger partial charge in [0.25, 0.3) is 0 Å². The highest BCUT2D eigenvalue weighted by atomic mass is 31.2. The van der Waals surface area contributed by atoms with Gasteiger partial charge in [0.1, 0.15) is 11.8 Å². The average Bonchev–Trinajstić information content (AvgIpc) is 2.82. The van der Waals surface area contributed by atoms with Crippen molar-refractivity contribution >= 4 is 19.4 Å². The molecule has 0 aromatic heterocycles. The molecule has 3 rings (SSSR count). The maximum Gasteiger partial charge on any atom is 0.346 e. The molecule has 3 aromatic rings. The van der Waals surface area contributed by atoms with Crippen molar-refractivity contribution in [2.24, 2.45) is 5.73 Å². The van der Waals surface area contributed by atoms with Crippen LogP contribution < -0.4 is 16.4 Å². The van der Waals surface area contributed by atoms with Gasteiger partial charge in [-0.2, -0.15) is 0 Å². The molecule has 0 aliphatic rings. The van der Waals surface area contributed by atoms with Gasteiger partial charge < -0.3 is 20.8 Å². The molecule has 1 unspecified atom stereocenters. The quantitative estimate of drug-likeness (QED) is 0.266. The summed E-state index contributed by atoms with van der Waals surface area (Å²) in [4.78, 5) is 45.5. The first-order chi connectivity index (χ1) is 16.2. The zero-order valence-corrected chi connectivity index (χ0v) is 19.3. The van der Waals surface area contributed by atoms with Crippen molar-refractivity contribution in [2.45, 2.75) is 30.7 Å². The van der Waals surface area contributed by atoms with Crippen molar-refractivity contribution in [1.82, 2.24) is 10.6 Å². The third kappa shape index (κ3) is 7.37. The average molecular weight is 481 g/mol. The molecule has 0 radical (unpaired) electrons. The number of benzene rings is 3. The standard InChI is InChI=1S/C25H28N3O5P/c26-23(29)21(16-18-10-4-1-5-11-18)27-24(30)22(17-19-12-6-2-7-13-19)28-25(34(31,32)33)20-14-8-3-9-15-20/h1-15,21-22,25,28H,16-17H2,(H2,26,29)(H,27,30)(H2,31,32,33)/t21-,22-,25?/m0/s1. The summed E-state index contributed by atoms with van der Waals surface area (Å²) < 4.78 is 12.3. The number of carbonyl (C=O) groups is 2. The van der Waals surface area contributed by atoms with Crippen LogP contribution in [0.25, 0.3) is 0 Å². The summed E-state index contributed by atoms with van der Waals surface area (Å²) >= 11 is 0. The Hall–Kier alpha value is -3.29. The number of hydrogen-bond donors (Lipinski definition) is 5. The fourth-order valence-electron chi connectivity index (χ4n) is 3.64. The second-order valence-electron chi connectivity index (χ2n) is 7.96. The number of amides is 2. The molecule has 2 amide bonds. The Morgan fingerprint density at radius 1 is 0.765 bits per heavy atom. The minimum atomic E-state index is -4.69. The van der Waals surface area contributed by atoms with E-state index in [1.165, 1.54) is 0 Å². The van der Waals surface area contributed by atoms with Gasteiger partial charge in [-0.15, -0.1) is 0 Å². The van der Waals surface area contributed by atoms with Crippen LogP contribution >= 0.6 is 7.60 Å². The zero-order chi connectivity index (χ0) is 24.6.